The van der Waals surface area contributed by atoms with Crippen LogP contribution in [0.15, 0.2) is 30.3 Å². The van der Waals surface area contributed by atoms with Crippen molar-refractivity contribution in [3.05, 3.63) is 45.9 Å². The number of hydrogen-bond donors (Lipinski definition) is 1. The monoisotopic (exact) mass is 346 g/mol. The summed E-state index contributed by atoms with van der Waals surface area (Å²) in [6.45, 7) is 3.74. The standard InChI is InChI=1S/C18H22N2O3S/c1-11-17(24-12(2)19-11)18(22)20(3)14-9-10-15(16(14)21)23-13-7-5-4-6-8-13/h4-8,14-16,21H,9-10H2,1-3H3/t14-,15-,16-/m1/s1. The molecule has 0 radical (unpaired) electrons. The maximum atomic E-state index is 12.7. The number of aliphatic hydroxyl groups excluding tert-OH is 1. The van der Waals surface area contributed by atoms with E-state index < -0.39 is 6.10 Å². The summed E-state index contributed by atoms with van der Waals surface area (Å²) in [6, 6.07) is 9.23. The third-order valence-corrected chi connectivity index (χ3v) is 5.53. The van der Waals surface area contributed by atoms with E-state index in [-0.39, 0.29) is 18.1 Å². The molecule has 1 saturated carbocycles. The number of thiazole rings is 1. The van der Waals surface area contributed by atoms with Crippen molar-refractivity contribution in [3.63, 3.8) is 0 Å². The molecule has 3 atom stereocenters. The largest absolute Gasteiger partial charge is 0.488 e. The number of nitrogens with zero attached hydrogens (tertiary/aromatic N) is 2. The molecule has 0 aliphatic heterocycles. The Morgan fingerprint density at radius 1 is 1.29 bits per heavy atom. The quantitative estimate of drug-likeness (QED) is 0.925. The summed E-state index contributed by atoms with van der Waals surface area (Å²) in [4.78, 5) is 19.3. The zero-order valence-corrected chi connectivity index (χ0v) is 14.9. The van der Waals surface area contributed by atoms with Crippen molar-refractivity contribution in [2.45, 2.75) is 44.9 Å². The number of aryl methyl sites for hydroxylation is 2. The van der Waals surface area contributed by atoms with Crippen molar-refractivity contribution >= 4 is 17.2 Å². The molecule has 0 unspecified atom stereocenters. The van der Waals surface area contributed by atoms with Crippen LogP contribution in [0.3, 0.4) is 0 Å². The van der Waals surface area contributed by atoms with Crippen LogP contribution in [-0.4, -0.2) is 46.2 Å². The summed E-state index contributed by atoms with van der Waals surface area (Å²) in [6.07, 6.45) is 0.446. The fourth-order valence-corrected chi connectivity index (χ4v) is 4.09. The minimum absolute atomic E-state index is 0.0810. The number of ether oxygens (including phenoxy) is 1. The fraction of sp³-hybridized carbons (Fsp3) is 0.444. The van der Waals surface area contributed by atoms with Crippen LogP contribution in [0.1, 0.15) is 33.2 Å². The highest BCUT2D eigenvalue weighted by Crippen LogP contribution is 2.30. The number of aliphatic hydroxyl groups is 1. The Kier molecular flexibility index (Phi) is 4.87. The first-order valence-corrected chi connectivity index (χ1v) is 8.90. The van der Waals surface area contributed by atoms with Crippen molar-refractivity contribution in [1.29, 1.82) is 0 Å². The number of amides is 1. The van der Waals surface area contributed by atoms with Crippen molar-refractivity contribution in [1.82, 2.24) is 9.88 Å². The minimum atomic E-state index is -0.700. The second kappa shape index (κ2) is 6.91. The molecule has 1 N–H and O–H groups in total. The van der Waals surface area contributed by atoms with Gasteiger partial charge in [-0.2, -0.15) is 0 Å². The number of rotatable bonds is 4. The predicted octanol–water partition coefficient (Wildman–Crippen LogP) is 2.80. The van der Waals surface area contributed by atoms with Gasteiger partial charge in [-0.25, -0.2) is 4.98 Å². The fourth-order valence-electron chi connectivity index (χ4n) is 3.19. The summed E-state index contributed by atoms with van der Waals surface area (Å²) in [5.74, 6) is 0.660. The third kappa shape index (κ3) is 3.30. The first kappa shape index (κ1) is 16.9. The van der Waals surface area contributed by atoms with Gasteiger partial charge in [0.2, 0.25) is 0 Å². The van der Waals surface area contributed by atoms with Gasteiger partial charge in [-0.05, 0) is 38.8 Å². The molecule has 0 saturated heterocycles. The van der Waals surface area contributed by atoms with E-state index in [4.69, 9.17) is 4.74 Å². The molecule has 1 aliphatic carbocycles. The van der Waals surface area contributed by atoms with Gasteiger partial charge in [-0.15, -0.1) is 11.3 Å². The number of likely N-dealkylation sites (N-methyl/N-ethyl adjacent to an activating group) is 1. The smallest absolute Gasteiger partial charge is 0.265 e. The predicted molar refractivity (Wildman–Crippen MR) is 93.6 cm³/mol. The molecule has 1 aromatic carbocycles. The van der Waals surface area contributed by atoms with Crippen molar-refractivity contribution < 1.29 is 14.6 Å². The SMILES string of the molecule is Cc1nc(C)c(C(=O)N(C)[C@@H]2CC[C@@H](Oc3ccccc3)[C@@H]2O)s1. The number of carbonyl (C=O) groups is 1. The second-order valence-electron chi connectivity index (χ2n) is 6.17. The summed E-state index contributed by atoms with van der Waals surface area (Å²) >= 11 is 1.40. The summed E-state index contributed by atoms with van der Waals surface area (Å²) in [7, 11) is 1.75. The van der Waals surface area contributed by atoms with Gasteiger partial charge in [0.15, 0.2) is 0 Å². The third-order valence-electron chi connectivity index (χ3n) is 4.47. The minimum Gasteiger partial charge on any atom is -0.488 e. The highest BCUT2D eigenvalue weighted by molar-refractivity contribution is 7.13. The van der Waals surface area contributed by atoms with Crippen LogP contribution >= 0.6 is 11.3 Å². The molecule has 128 valence electrons. The molecule has 1 amide bonds. The highest BCUT2D eigenvalue weighted by atomic mass is 32.1. The lowest BCUT2D eigenvalue weighted by Gasteiger charge is -2.28. The molecule has 0 bridgehead atoms. The Morgan fingerprint density at radius 2 is 2.00 bits per heavy atom. The Hall–Kier alpha value is -1.92. The van der Waals surface area contributed by atoms with E-state index in [0.29, 0.717) is 4.88 Å². The topological polar surface area (TPSA) is 62.7 Å². The summed E-state index contributed by atoms with van der Waals surface area (Å²) < 4.78 is 5.88. The van der Waals surface area contributed by atoms with Crippen LogP contribution in [0.5, 0.6) is 5.75 Å². The number of aromatic nitrogens is 1. The average molecular weight is 346 g/mol. The maximum absolute atomic E-state index is 12.7. The zero-order chi connectivity index (χ0) is 17.3. The number of carbonyl (C=O) groups excluding carboxylic acids is 1. The average Bonchev–Trinajstić information content (AvgIpc) is 3.09. The molecule has 6 heteroatoms. The lowest BCUT2D eigenvalue weighted by molar-refractivity contribution is 0.0168. The van der Waals surface area contributed by atoms with E-state index in [1.807, 2.05) is 44.2 Å². The van der Waals surface area contributed by atoms with Crippen molar-refractivity contribution in [2.24, 2.45) is 0 Å². The van der Waals surface area contributed by atoms with Gasteiger partial charge in [-0.3, -0.25) is 4.79 Å². The van der Waals surface area contributed by atoms with E-state index in [2.05, 4.69) is 4.98 Å². The van der Waals surface area contributed by atoms with Gasteiger partial charge in [0, 0.05) is 7.05 Å². The van der Waals surface area contributed by atoms with Gasteiger partial charge in [0.05, 0.1) is 16.7 Å². The zero-order valence-electron chi connectivity index (χ0n) is 14.1. The normalized spacial score (nSPS) is 23.2. The lowest BCUT2D eigenvalue weighted by atomic mass is 10.1. The van der Waals surface area contributed by atoms with Gasteiger partial charge in [0.25, 0.3) is 5.91 Å². The molecule has 1 aliphatic rings. The van der Waals surface area contributed by atoms with Gasteiger partial charge >= 0.3 is 0 Å². The van der Waals surface area contributed by atoms with E-state index in [9.17, 15) is 9.90 Å². The van der Waals surface area contributed by atoms with Crippen LogP contribution in [0.2, 0.25) is 0 Å². The van der Waals surface area contributed by atoms with E-state index in [1.54, 1.807) is 11.9 Å². The summed E-state index contributed by atoms with van der Waals surface area (Å²) in [5, 5.41) is 11.5. The number of benzene rings is 1. The Balaban J connectivity index is 1.69. The molecule has 24 heavy (non-hydrogen) atoms. The van der Waals surface area contributed by atoms with Crippen molar-refractivity contribution in [2.75, 3.05) is 7.05 Å². The van der Waals surface area contributed by atoms with Crippen LogP contribution in [0, 0.1) is 13.8 Å². The van der Waals surface area contributed by atoms with E-state index in [1.165, 1.54) is 11.3 Å². The molecular weight excluding hydrogens is 324 g/mol. The molecule has 0 spiro atoms. The van der Waals surface area contributed by atoms with Crippen molar-refractivity contribution in [3.8, 4) is 5.75 Å². The highest BCUT2D eigenvalue weighted by Gasteiger charge is 2.40. The number of para-hydroxylation sites is 1. The van der Waals surface area contributed by atoms with E-state index >= 15 is 0 Å². The molecule has 1 heterocycles. The first-order valence-electron chi connectivity index (χ1n) is 8.08. The maximum Gasteiger partial charge on any atom is 0.265 e. The molecule has 3 rings (SSSR count). The van der Waals surface area contributed by atoms with Gasteiger partial charge < -0.3 is 14.7 Å². The van der Waals surface area contributed by atoms with E-state index in [0.717, 1.165) is 29.3 Å². The Morgan fingerprint density at radius 3 is 2.62 bits per heavy atom. The molecule has 1 fully saturated rings. The molecule has 5 nitrogen and oxygen atoms in total. The van der Waals surface area contributed by atoms with Crippen LogP contribution in [0.4, 0.5) is 0 Å². The first-order chi connectivity index (χ1) is 11.5. The Bertz CT molecular complexity index is 716. The second-order valence-corrected chi connectivity index (χ2v) is 7.37. The van der Waals surface area contributed by atoms with Crippen LogP contribution in [-0.2, 0) is 0 Å². The Labute approximate surface area is 145 Å². The van der Waals surface area contributed by atoms with Gasteiger partial charge in [-0.1, -0.05) is 18.2 Å². The molecular formula is C18H22N2O3S. The number of hydrogen-bond acceptors (Lipinski definition) is 5. The summed E-state index contributed by atoms with van der Waals surface area (Å²) in [5.41, 5.74) is 0.749. The molecule has 2 aromatic rings. The molecule has 1 aromatic heterocycles. The van der Waals surface area contributed by atoms with Crippen LogP contribution in [0.25, 0.3) is 0 Å². The van der Waals surface area contributed by atoms with Crippen LogP contribution < -0.4 is 4.74 Å². The lowest BCUT2D eigenvalue weighted by Crippen LogP contribution is -2.45. The van der Waals surface area contributed by atoms with Gasteiger partial charge in [0.1, 0.15) is 22.8 Å².